The molecule has 0 bridgehead atoms. The van der Waals surface area contributed by atoms with E-state index in [1.807, 2.05) is 18.2 Å². The average molecular weight is 212 g/mol. The molecule has 0 heterocycles. The molecule has 0 fully saturated rings. The van der Waals surface area contributed by atoms with Crippen LogP contribution in [0.2, 0.25) is 5.02 Å². The molecule has 1 rings (SSSR count). The van der Waals surface area contributed by atoms with E-state index in [1.165, 1.54) is 5.56 Å². The van der Waals surface area contributed by atoms with Crippen molar-refractivity contribution in [3.8, 4) is 0 Å². The fraction of sp³-hybridized carbons (Fsp3) is 0.500. The van der Waals surface area contributed by atoms with Gasteiger partial charge in [0.1, 0.15) is 0 Å². The van der Waals surface area contributed by atoms with Gasteiger partial charge in [-0.15, -0.1) is 0 Å². The van der Waals surface area contributed by atoms with Gasteiger partial charge in [-0.25, -0.2) is 0 Å². The van der Waals surface area contributed by atoms with E-state index < -0.39 is 0 Å². The van der Waals surface area contributed by atoms with Crippen LogP contribution in [0, 0.1) is 0 Å². The lowest BCUT2D eigenvalue weighted by molar-refractivity contribution is 0.609. The van der Waals surface area contributed by atoms with Gasteiger partial charge in [-0.3, -0.25) is 0 Å². The maximum absolute atomic E-state index is 6.11. The van der Waals surface area contributed by atoms with Gasteiger partial charge < -0.3 is 5.32 Å². The molecule has 1 nitrogen and oxygen atoms in total. The summed E-state index contributed by atoms with van der Waals surface area (Å²) in [5, 5.41) is 4.21. The third-order valence-electron chi connectivity index (χ3n) is 2.44. The maximum atomic E-state index is 6.11. The van der Waals surface area contributed by atoms with Crippen molar-refractivity contribution in [2.24, 2.45) is 0 Å². The lowest BCUT2D eigenvalue weighted by atomic mass is 9.98. The summed E-state index contributed by atoms with van der Waals surface area (Å²) in [6.07, 6.45) is 1.14. The topological polar surface area (TPSA) is 12.0 Å². The molecule has 0 saturated carbocycles. The van der Waals surface area contributed by atoms with Crippen molar-refractivity contribution >= 4 is 11.6 Å². The van der Waals surface area contributed by atoms with Crippen LogP contribution < -0.4 is 5.32 Å². The zero-order valence-corrected chi connectivity index (χ0v) is 9.64. The number of hydrogen-bond acceptors (Lipinski definition) is 1. The Morgan fingerprint density at radius 3 is 2.71 bits per heavy atom. The van der Waals surface area contributed by atoms with Crippen molar-refractivity contribution in [1.82, 2.24) is 5.32 Å². The summed E-state index contributed by atoms with van der Waals surface area (Å²) in [5.74, 6) is 0.530. The van der Waals surface area contributed by atoms with Crippen LogP contribution in [-0.4, -0.2) is 13.1 Å². The highest BCUT2D eigenvalue weighted by Gasteiger charge is 2.07. The summed E-state index contributed by atoms with van der Waals surface area (Å²) in [6, 6.07) is 8.09. The van der Waals surface area contributed by atoms with E-state index in [4.69, 9.17) is 11.6 Å². The minimum atomic E-state index is 0.530. The van der Waals surface area contributed by atoms with Crippen molar-refractivity contribution in [3.63, 3.8) is 0 Å². The molecule has 0 aliphatic heterocycles. The van der Waals surface area contributed by atoms with E-state index in [9.17, 15) is 0 Å². The zero-order chi connectivity index (χ0) is 10.4. The third kappa shape index (κ3) is 3.32. The zero-order valence-electron chi connectivity index (χ0n) is 8.89. The van der Waals surface area contributed by atoms with Crippen LogP contribution in [0.15, 0.2) is 24.3 Å². The highest BCUT2D eigenvalue weighted by atomic mass is 35.5. The largest absolute Gasteiger partial charge is 0.317 e. The molecule has 1 aromatic rings. The predicted molar refractivity (Wildman–Crippen MR) is 63.0 cm³/mol. The lowest BCUT2D eigenvalue weighted by Crippen LogP contribution is -2.16. The van der Waals surface area contributed by atoms with Crippen LogP contribution in [-0.2, 0) is 0 Å². The van der Waals surface area contributed by atoms with Crippen molar-refractivity contribution in [1.29, 1.82) is 0 Å². The van der Waals surface area contributed by atoms with Crippen molar-refractivity contribution < 1.29 is 0 Å². The number of hydrogen-bond donors (Lipinski definition) is 1. The second-order valence-electron chi connectivity index (χ2n) is 3.56. The fourth-order valence-electron chi connectivity index (χ4n) is 1.53. The van der Waals surface area contributed by atoms with Crippen LogP contribution in [0.1, 0.15) is 31.7 Å². The molecule has 1 atom stereocenters. The van der Waals surface area contributed by atoms with Crippen LogP contribution in [0.5, 0.6) is 0 Å². The van der Waals surface area contributed by atoms with Crippen LogP contribution >= 0.6 is 11.6 Å². The Morgan fingerprint density at radius 2 is 2.07 bits per heavy atom. The maximum Gasteiger partial charge on any atom is 0.0440 e. The van der Waals surface area contributed by atoms with E-state index in [2.05, 4.69) is 25.2 Å². The Labute approximate surface area is 91.5 Å². The molecule has 78 valence electrons. The summed E-state index contributed by atoms with van der Waals surface area (Å²) in [5.41, 5.74) is 1.26. The van der Waals surface area contributed by atoms with E-state index in [-0.39, 0.29) is 0 Å². The molecule has 2 heteroatoms. The lowest BCUT2D eigenvalue weighted by Gasteiger charge is -2.13. The minimum absolute atomic E-state index is 0.530. The number of rotatable bonds is 5. The predicted octanol–water partition coefficient (Wildman–Crippen LogP) is 3.44. The summed E-state index contributed by atoms with van der Waals surface area (Å²) in [6.45, 7) is 6.44. The minimum Gasteiger partial charge on any atom is -0.317 e. The molecule has 0 aliphatic rings. The Bertz CT molecular complexity index is 273. The van der Waals surface area contributed by atoms with Crippen molar-refractivity contribution in [3.05, 3.63) is 34.9 Å². The molecular formula is C12H18ClN. The molecule has 1 N–H and O–H groups in total. The number of halogens is 1. The molecule has 1 aromatic carbocycles. The quantitative estimate of drug-likeness (QED) is 0.736. The van der Waals surface area contributed by atoms with E-state index in [0.717, 1.165) is 24.5 Å². The molecule has 0 amide bonds. The smallest absolute Gasteiger partial charge is 0.0440 e. The normalized spacial score (nSPS) is 12.8. The second-order valence-corrected chi connectivity index (χ2v) is 3.97. The Morgan fingerprint density at radius 1 is 1.36 bits per heavy atom. The number of nitrogens with one attached hydrogen (secondary N) is 1. The van der Waals surface area contributed by atoms with Crippen LogP contribution in [0.4, 0.5) is 0 Å². The van der Waals surface area contributed by atoms with Crippen molar-refractivity contribution in [2.75, 3.05) is 13.1 Å². The third-order valence-corrected chi connectivity index (χ3v) is 2.78. The first kappa shape index (κ1) is 11.5. The van der Waals surface area contributed by atoms with E-state index in [1.54, 1.807) is 0 Å². The van der Waals surface area contributed by atoms with Gasteiger partial charge in [0.05, 0.1) is 0 Å². The molecule has 1 unspecified atom stereocenters. The summed E-state index contributed by atoms with van der Waals surface area (Å²) in [4.78, 5) is 0. The molecular weight excluding hydrogens is 194 g/mol. The Hall–Kier alpha value is -0.530. The summed E-state index contributed by atoms with van der Waals surface area (Å²) < 4.78 is 0. The van der Waals surface area contributed by atoms with Gasteiger partial charge in [-0.2, -0.15) is 0 Å². The fourth-order valence-corrected chi connectivity index (χ4v) is 1.85. The van der Waals surface area contributed by atoms with Gasteiger partial charge in [0, 0.05) is 5.02 Å². The van der Waals surface area contributed by atoms with Crippen molar-refractivity contribution in [2.45, 2.75) is 26.2 Å². The SMILES string of the molecule is CCNCCC(C)c1ccccc1Cl. The first-order valence-corrected chi connectivity index (χ1v) is 5.58. The molecule has 0 spiro atoms. The standard InChI is InChI=1S/C12H18ClN/c1-3-14-9-8-10(2)11-6-4-5-7-12(11)13/h4-7,10,14H,3,8-9H2,1-2H3. The first-order chi connectivity index (χ1) is 6.75. The average Bonchev–Trinajstić information content (AvgIpc) is 2.18. The molecule has 0 saturated heterocycles. The van der Waals surface area contributed by atoms with Gasteiger partial charge in [-0.1, -0.05) is 43.6 Å². The van der Waals surface area contributed by atoms with Gasteiger partial charge in [0.15, 0.2) is 0 Å². The van der Waals surface area contributed by atoms with Gasteiger partial charge in [-0.05, 0) is 37.1 Å². The molecule has 0 aliphatic carbocycles. The summed E-state index contributed by atoms with van der Waals surface area (Å²) >= 11 is 6.11. The highest BCUT2D eigenvalue weighted by Crippen LogP contribution is 2.25. The Balaban J connectivity index is 2.51. The molecule has 14 heavy (non-hydrogen) atoms. The van der Waals surface area contributed by atoms with Gasteiger partial charge >= 0.3 is 0 Å². The van der Waals surface area contributed by atoms with Crippen LogP contribution in [0.3, 0.4) is 0 Å². The number of benzene rings is 1. The second kappa shape index (κ2) is 6.05. The van der Waals surface area contributed by atoms with Crippen LogP contribution in [0.25, 0.3) is 0 Å². The monoisotopic (exact) mass is 211 g/mol. The first-order valence-electron chi connectivity index (χ1n) is 5.20. The van der Waals surface area contributed by atoms with E-state index in [0.29, 0.717) is 5.92 Å². The summed E-state index contributed by atoms with van der Waals surface area (Å²) in [7, 11) is 0. The molecule has 0 aromatic heterocycles. The molecule has 0 radical (unpaired) electrons. The van der Waals surface area contributed by atoms with E-state index >= 15 is 0 Å². The van der Waals surface area contributed by atoms with Gasteiger partial charge in [0.25, 0.3) is 0 Å². The van der Waals surface area contributed by atoms with Gasteiger partial charge in [0.2, 0.25) is 0 Å². The highest BCUT2D eigenvalue weighted by molar-refractivity contribution is 6.31. The Kier molecular flexibility index (Phi) is 4.99.